The summed E-state index contributed by atoms with van der Waals surface area (Å²) in [6, 6.07) is 12.1. The first-order chi connectivity index (χ1) is 14.8. The minimum Gasteiger partial charge on any atom is -0.483 e. The zero-order valence-electron chi connectivity index (χ0n) is 18.5. The first kappa shape index (κ1) is 25.0. The molecular weight excluding hydrogens is 435 g/mol. The number of hydrogen-bond donors (Lipinski definition) is 1. The molecule has 0 aliphatic carbocycles. The summed E-state index contributed by atoms with van der Waals surface area (Å²) >= 11 is 12.6. The van der Waals surface area contributed by atoms with Gasteiger partial charge in [0.2, 0.25) is 5.91 Å². The molecule has 2 aromatic rings. The van der Waals surface area contributed by atoms with Gasteiger partial charge in [0.25, 0.3) is 5.91 Å². The third kappa shape index (κ3) is 6.88. The van der Waals surface area contributed by atoms with E-state index in [-0.39, 0.29) is 30.9 Å². The maximum Gasteiger partial charge on any atom is 0.261 e. The van der Waals surface area contributed by atoms with Crippen LogP contribution >= 0.6 is 23.2 Å². The van der Waals surface area contributed by atoms with Crippen molar-refractivity contribution in [3.05, 3.63) is 63.6 Å². The Morgan fingerprint density at radius 1 is 1.03 bits per heavy atom. The molecule has 0 aromatic heterocycles. The van der Waals surface area contributed by atoms with Gasteiger partial charge >= 0.3 is 0 Å². The van der Waals surface area contributed by atoms with Crippen LogP contribution in [0.25, 0.3) is 0 Å². The minimum absolute atomic E-state index is 0.104. The summed E-state index contributed by atoms with van der Waals surface area (Å²) in [6.45, 7) is 8.24. The number of rotatable bonds is 10. The van der Waals surface area contributed by atoms with Crippen LogP contribution in [0.4, 0.5) is 0 Å². The molecule has 1 unspecified atom stereocenters. The number of nitrogens with one attached hydrogen (secondary N) is 1. The molecule has 0 radical (unpaired) electrons. The van der Waals surface area contributed by atoms with Crippen molar-refractivity contribution >= 4 is 35.0 Å². The summed E-state index contributed by atoms with van der Waals surface area (Å²) in [5.74, 6) is 0.349. The highest BCUT2D eigenvalue weighted by Gasteiger charge is 2.28. The predicted octanol–water partition coefficient (Wildman–Crippen LogP) is 5.44. The summed E-state index contributed by atoms with van der Waals surface area (Å²) in [7, 11) is 0. The number of nitrogens with zero attached hydrogens (tertiary/aromatic N) is 1. The van der Waals surface area contributed by atoms with Crippen molar-refractivity contribution in [1.29, 1.82) is 0 Å². The normalized spacial score (nSPS) is 11.8. The molecule has 31 heavy (non-hydrogen) atoms. The predicted molar refractivity (Wildman–Crippen MR) is 126 cm³/mol. The largest absolute Gasteiger partial charge is 0.483 e. The van der Waals surface area contributed by atoms with Crippen molar-refractivity contribution in [2.24, 2.45) is 0 Å². The molecule has 2 amide bonds. The molecule has 0 aliphatic rings. The van der Waals surface area contributed by atoms with Gasteiger partial charge in [-0.15, -0.1) is 0 Å². The molecule has 0 saturated carbocycles. The number of carbonyl (C=O) groups excluding carboxylic acids is 2. The standard InChI is InChI=1S/C24H30Cl2N2O3/c1-5-13-27-24(30)17(4)28(14-19-20(25)10-8-11-21(19)26)23(29)15-31-22-12-7-6-9-18(22)16(2)3/h6-12,16-17H,5,13-15H2,1-4H3,(H,27,30). The van der Waals surface area contributed by atoms with Crippen molar-refractivity contribution < 1.29 is 14.3 Å². The highest BCUT2D eigenvalue weighted by molar-refractivity contribution is 6.36. The molecule has 0 fully saturated rings. The fraction of sp³-hybridized carbons (Fsp3) is 0.417. The Morgan fingerprint density at radius 3 is 2.29 bits per heavy atom. The van der Waals surface area contributed by atoms with E-state index < -0.39 is 6.04 Å². The average Bonchev–Trinajstić information content (AvgIpc) is 2.75. The van der Waals surface area contributed by atoms with E-state index in [9.17, 15) is 9.59 Å². The Labute approximate surface area is 194 Å². The molecule has 2 rings (SSSR count). The molecule has 0 spiro atoms. The molecule has 0 aliphatic heterocycles. The van der Waals surface area contributed by atoms with Gasteiger partial charge in [-0.3, -0.25) is 9.59 Å². The van der Waals surface area contributed by atoms with E-state index in [0.717, 1.165) is 12.0 Å². The Balaban J connectivity index is 2.24. The van der Waals surface area contributed by atoms with E-state index in [0.29, 0.717) is 27.9 Å². The van der Waals surface area contributed by atoms with Gasteiger partial charge in [-0.1, -0.05) is 68.2 Å². The maximum atomic E-state index is 13.2. The van der Waals surface area contributed by atoms with Gasteiger partial charge in [0.05, 0.1) is 0 Å². The lowest BCUT2D eigenvalue weighted by molar-refractivity contribution is -0.142. The van der Waals surface area contributed by atoms with Gasteiger partial charge < -0.3 is 15.0 Å². The van der Waals surface area contributed by atoms with Crippen LogP contribution in [-0.2, 0) is 16.1 Å². The number of amides is 2. The van der Waals surface area contributed by atoms with Gasteiger partial charge in [-0.25, -0.2) is 0 Å². The van der Waals surface area contributed by atoms with Crippen LogP contribution < -0.4 is 10.1 Å². The zero-order chi connectivity index (χ0) is 23.0. The van der Waals surface area contributed by atoms with E-state index in [1.807, 2.05) is 31.2 Å². The van der Waals surface area contributed by atoms with Crippen LogP contribution in [0.2, 0.25) is 10.0 Å². The first-order valence-electron chi connectivity index (χ1n) is 10.5. The van der Waals surface area contributed by atoms with Crippen LogP contribution in [0.3, 0.4) is 0 Å². The fourth-order valence-electron chi connectivity index (χ4n) is 3.14. The molecule has 168 valence electrons. The minimum atomic E-state index is -0.713. The van der Waals surface area contributed by atoms with E-state index in [1.165, 1.54) is 4.90 Å². The lowest BCUT2D eigenvalue weighted by Crippen LogP contribution is -2.49. The summed E-state index contributed by atoms with van der Waals surface area (Å²) in [5.41, 5.74) is 1.61. The Kier molecular flexibility index (Phi) is 9.66. The number of benzene rings is 2. The highest BCUT2D eigenvalue weighted by Crippen LogP contribution is 2.28. The van der Waals surface area contributed by atoms with Crippen molar-refractivity contribution in [3.8, 4) is 5.75 Å². The van der Waals surface area contributed by atoms with Crippen molar-refractivity contribution in [2.75, 3.05) is 13.2 Å². The van der Waals surface area contributed by atoms with E-state index in [1.54, 1.807) is 25.1 Å². The molecular formula is C24H30Cl2N2O3. The van der Waals surface area contributed by atoms with Crippen LogP contribution in [0.5, 0.6) is 5.75 Å². The number of ether oxygens (including phenoxy) is 1. The van der Waals surface area contributed by atoms with Gasteiger partial charge in [-0.05, 0) is 43.0 Å². The van der Waals surface area contributed by atoms with Gasteiger partial charge in [0.1, 0.15) is 11.8 Å². The third-order valence-electron chi connectivity index (χ3n) is 5.00. The number of halogens is 2. The fourth-order valence-corrected chi connectivity index (χ4v) is 3.66. The quantitative estimate of drug-likeness (QED) is 0.509. The molecule has 0 bridgehead atoms. The topological polar surface area (TPSA) is 58.6 Å². The smallest absolute Gasteiger partial charge is 0.261 e. The average molecular weight is 465 g/mol. The Morgan fingerprint density at radius 2 is 1.68 bits per heavy atom. The second-order valence-electron chi connectivity index (χ2n) is 7.67. The van der Waals surface area contributed by atoms with E-state index in [4.69, 9.17) is 27.9 Å². The molecule has 0 heterocycles. The van der Waals surface area contributed by atoms with Crippen LogP contribution in [0, 0.1) is 0 Å². The number of para-hydroxylation sites is 1. The second-order valence-corrected chi connectivity index (χ2v) is 8.48. The lowest BCUT2D eigenvalue weighted by Gasteiger charge is -2.29. The second kappa shape index (κ2) is 12.0. The number of carbonyl (C=O) groups is 2. The van der Waals surface area contributed by atoms with Crippen molar-refractivity contribution in [2.45, 2.75) is 52.6 Å². The summed E-state index contributed by atoms with van der Waals surface area (Å²) in [6.07, 6.45) is 0.803. The lowest BCUT2D eigenvalue weighted by atomic mass is 10.0. The van der Waals surface area contributed by atoms with Crippen molar-refractivity contribution in [1.82, 2.24) is 10.2 Å². The summed E-state index contributed by atoms with van der Waals surface area (Å²) in [4.78, 5) is 27.2. The molecule has 5 nitrogen and oxygen atoms in total. The maximum absolute atomic E-state index is 13.2. The Bertz CT molecular complexity index is 882. The molecule has 7 heteroatoms. The molecule has 0 saturated heterocycles. The highest BCUT2D eigenvalue weighted by atomic mass is 35.5. The summed E-state index contributed by atoms with van der Waals surface area (Å²) < 4.78 is 5.86. The van der Waals surface area contributed by atoms with Gasteiger partial charge in [0, 0.05) is 28.7 Å². The molecule has 1 N–H and O–H groups in total. The molecule has 2 aromatic carbocycles. The SMILES string of the molecule is CCCNC(=O)C(C)N(Cc1c(Cl)cccc1Cl)C(=O)COc1ccccc1C(C)C. The van der Waals surface area contributed by atoms with Crippen LogP contribution in [0.1, 0.15) is 51.2 Å². The van der Waals surface area contributed by atoms with E-state index >= 15 is 0 Å². The van der Waals surface area contributed by atoms with Gasteiger partial charge in [-0.2, -0.15) is 0 Å². The number of hydrogen-bond acceptors (Lipinski definition) is 3. The molecule has 1 atom stereocenters. The van der Waals surface area contributed by atoms with Crippen LogP contribution in [-0.4, -0.2) is 35.9 Å². The zero-order valence-corrected chi connectivity index (χ0v) is 20.0. The van der Waals surface area contributed by atoms with E-state index in [2.05, 4.69) is 19.2 Å². The monoisotopic (exact) mass is 464 g/mol. The third-order valence-corrected chi connectivity index (χ3v) is 5.71. The van der Waals surface area contributed by atoms with Crippen molar-refractivity contribution in [3.63, 3.8) is 0 Å². The Hall–Kier alpha value is -2.24. The first-order valence-corrected chi connectivity index (χ1v) is 11.2. The summed E-state index contributed by atoms with van der Waals surface area (Å²) in [5, 5.41) is 3.73. The van der Waals surface area contributed by atoms with Gasteiger partial charge in [0.15, 0.2) is 6.61 Å². The van der Waals surface area contributed by atoms with Crippen LogP contribution in [0.15, 0.2) is 42.5 Å².